The minimum atomic E-state index is 0.488. The third-order valence-corrected chi connectivity index (χ3v) is 3.18. The lowest BCUT2D eigenvalue weighted by Crippen LogP contribution is -2.03. The molecule has 2 aromatic rings. The van der Waals surface area contributed by atoms with Gasteiger partial charge in [0, 0.05) is 5.04 Å². The fraction of sp³-hybridized carbons (Fsp3) is 0.143. The van der Waals surface area contributed by atoms with Crippen molar-refractivity contribution in [1.29, 1.82) is 0 Å². The number of rotatable bonds is 4. The van der Waals surface area contributed by atoms with Crippen LogP contribution in [0.2, 0.25) is 0 Å². The maximum absolute atomic E-state index is 5.05. The molecule has 0 aliphatic carbocycles. The van der Waals surface area contributed by atoms with Crippen LogP contribution in [0, 0.1) is 13.8 Å². The van der Waals surface area contributed by atoms with Gasteiger partial charge < -0.3 is 0 Å². The van der Waals surface area contributed by atoms with Crippen molar-refractivity contribution < 1.29 is 14.8 Å². The number of benzene rings is 2. The van der Waals surface area contributed by atoms with Crippen LogP contribution in [-0.4, -0.2) is 0 Å². The van der Waals surface area contributed by atoms with Crippen LogP contribution in [0.1, 0.15) is 11.1 Å². The molecule has 19 heavy (non-hydrogen) atoms. The zero-order valence-electron chi connectivity index (χ0n) is 10.6. The van der Waals surface area contributed by atoms with E-state index in [0.29, 0.717) is 21.3 Å². The predicted octanol–water partition coefficient (Wildman–Crippen LogP) is 4.19. The van der Waals surface area contributed by atoms with Gasteiger partial charge in [0.05, 0.1) is 9.79 Å². The SMILES string of the molecule is Cc1ccc(OOOc2ccc(C)cc2S)c(S)c1. The van der Waals surface area contributed by atoms with Crippen LogP contribution in [0.15, 0.2) is 46.2 Å². The van der Waals surface area contributed by atoms with E-state index in [-0.39, 0.29) is 0 Å². The molecule has 0 heterocycles. The molecule has 0 aliphatic rings. The van der Waals surface area contributed by atoms with Crippen LogP contribution in [0.3, 0.4) is 0 Å². The number of hydrogen-bond acceptors (Lipinski definition) is 5. The van der Waals surface area contributed by atoms with Crippen LogP contribution in [0.4, 0.5) is 0 Å². The Morgan fingerprint density at radius 2 is 1.16 bits per heavy atom. The van der Waals surface area contributed by atoms with Gasteiger partial charge in [0.1, 0.15) is 0 Å². The third kappa shape index (κ3) is 3.83. The van der Waals surface area contributed by atoms with Crippen molar-refractivity contribution in [1.82, 2.24) is 0 Å². The van der Waals surface area contributed by atoms with Crippen molar-refractivity contribution in [3.05, 3.63) is 47.5 Å². The van der Waals surface area contributed by atoms with E-state index >= 15 is 0 Å². The Morgan fingerprint density at radius 1 is 0.737 bits per heavy atom. The maximum Gasteiger partial charge on any atom is 0.182 e. The van der Waals surface area contributed by atoms with Gasteiger partial charge in [-0.2, -0.15) is 0 Å². The lowest BCUT2D eigenvalue weighted by atomic mass is 10.2. The molecule has 3 nitrogen and oxygen atoms in total. The van der Waals surface area contributed by atoms with E-state index in [1.807, 2.05) is 38.1 Å². The smallest absolute Gasteiger partial charge is 0.182 e. The van der Waals surface area contributed by atoms with Gasteiger partial charge in [0.2, 0.25) is 0 Å². The summed E-state index contributed by atoms with van der Waals surface area (Å²) in [4.78, 5) is 11.5. The van der Waals surface area contributed by atoms with Gasteiger partial charge in [-0.1, -0.05) is 12.1 Å². The predicted molar refractivity (Wildman–Crippen MR) is 79.2 cm³/mol. The van der Waals surface area contributed by atoms with Gasteiger partial charge in [0.25, 0.3) is 0 Å². The Hall–Kier alpha value is -1.30. The van der Waals surface area contributed by atoms with Crippen molar-refractivity contribution >= 4 is 25.3 Å². The molecule has 0 spiro atoms. The molecule has 0 atom stereocenters. The number of thiol groups is 2. The summed E-state index contributed by atoms with van der Waals surface area (Å²) < 4.78 is 0. The second-order valence-electron chi connectivity index (χ2n) is 4.18. The first-order chi connectivity index (χ1) is 9.06. The third-order valence-electron chi connectivity index (χ3n) is 2.48. The molecular weight excluding hydrogens is 280 g/mol. The standard InChI is InChI=1S/C14H14O3S2/c1-9-3-5-11(13(18)7-9)15-17-16-12-6-4-10(2)8-14(12)19/h3-8,18-19H,1-2H3. The Kier molecular flexibility index (Phi) is 4.63. The highest BCUT2D eigenvalue weighted by Crippen LogP contribution is 2.26. The molecule has 0 unspecified atom stereocenters. The molecule has 0 bridgehead atoms. The zero-order valence-corrected chi connectivity index (χ0v) is 12.4. The Bertz CT molecular complexity index is 533. The van der Waals surface area contributed by atoms with Crippen LogP contribution in [-0.2, 0) is 5.04 Å². The first-order valence-electron chi connectivity index (χ1n) is 5.66. The average Bonchev–Trinajstić information content (AvgIpc) is 2.34. The van der Waals surface area contributed by atoms with Crippen LogP contribution >= 0.6 is 25.3 Å². The van der Waals surface area contributed by atoms with E-state index in [4.69, 9.17) is 14.8 Å². The molecule has 0 aromatic heterocycles. The summed E-state index contributed by atoms with van der Waals surface area (Å²) in [7, 11) is 0. The van der Waals surface area contributed by atoms with Crippen molar-refractivity contribution in [3.8, 4) is 11.5 Å². The van der Waals surface area contributed by atoms with E-state index in [2.05, 4.69) is 25.3 Å². The molecule has 0 N–H and O–H groups in total. The molecule has 2 aromatic carbocycles. The molecular formula is C14H14O3S2. The first kappa shape index (κ1) is 14.1. The normalized spacial score (nSPS) is 10.3. The van der Waals surface area contributed by atoms with E-state index in [9.17, 15) is 0 Å². The fourth-order valence-corrected chi connectivity index (χ4v) is 2.12. The Balaban J connectivity index is 1.96. The second kappa shape index (κ2) is 6.23. The molecule has 0 fully saturated rings. The summed E-state index contributed by atoms with van der Waals surface area (Å²) in [6.07, 6.45) is 0. The van der Waals surface area contributed by atoms with Gasteiger partial charge in [0.15, 0.2) is 11.5 Å². The summed E-state index contributed by atoms with van der Waals surface area (Å²) >= 11 is 8.57. The summed E-state index contributed by atoms with van der Waals surface area (Å²) in [5.41, 5.74) is 2.18. The van der Waals surface area contributed by atoms with Gasteiger partial charge in [-0.3, -0.25) is 9.78 Å². The van der Waals surface area contributed by atoms with Gasteiger partial charge in [-0.25, -0.2) is 0 Å². The maximum atomic E-state index is 5.05. The van der Waals surface area contributed by atoms with Crippen LogP contribution < -0.4 is 9.78 Å². The van der Waals surface area contributed by atoms with Gasteiger partial charge in [-0.05, 0) is 49.2 Å². The summed E-state index contributed by atoms with van der Waals surface area (Å²) in [5.74, 6) is 0.975. The number of aryl methyl sites for hydroxylation is 2. The average molecular weight is 294 g/mol. The molecule has 2 rings (SSSR count). The second-order valence-corrected chi connectivity index (χ2v) is 5.14. The highest BCUT2D eigenvalue weighted by atomic mass is 32.1. The highest BCUT2D eigenvalue weighted by molar-refractivity contribution is 7.80. The van der Waals surface area contributed by atoms with E-state index in [1.165, 1.54) is 0 Å². The topological polar surface area (TPSA) is 27.7 Å². The molecule has 0 saturated heterocycles. The molecule has 5 heteroatoms. The van der Waals surface area contributed by atoms with Gasteiger partial charge >= 0.3 is 0 Å². The van der Waals surface area contributed by atoms with Crippen molar-refractivity contribution in [2.75, 3.05) is 0 Å². The molecule has 100 valence electrons. The minimum Gasteiger partial charge on any atom is -0.298 e. The number of hydrogen-bond donors (Lipinski definition) is 2. The largest absolute Gasteiger partial charge is 0.298 e. The lowest BCUT2D eigenvalue weighted by molar-refractivity contribution is -0.413. The van der Waals surface area contributed by atoms with Gasteiger partial charge in [-0.15, -0.1) is 25.3 Å². The zero-order chi connectivity index (χ0) is 13.8. The fourth-order valence-electron chi connectivity index (χ4n) is 1.49. The van der Waals surface area contributed by atoms with E-state index < -0.39 is 0 Å². The van der Waals surface area contributed by atoms with Crippen molar-refractivity contribution in [2.45, 2.75) is 23.6 Å². The first-order valence-corrected chi connectivity index (χ1v) is 6.56. The quantitative estimate of drug-likeness (QED) is 0.503. The van der Waals surface area contributed by atoms with E-state index in [0.717, 1.165) is 11.1 Å². The minimum absolute atomic E-state index is 0.488. The highest BCUT2D eigenvalue weighted by Gasteiger charge is 2.05. The molecule has 0 radical (unpaired) electrons. The van der Waals surface area contributed by atoms with Crippen molar-refractivity contribution in [2.24, 2.45) is 0 Å². The summed E-state index contributed by atoms with van der Waals surface area (Å²) in [6, 6.07) is 11.1. The van der Waals surface area contributed by atoms with E-state index in [1.54, 1.807) is 12.1 Å². The lowest BCUT2D eigenvalue weighted by Gasteiger charge is -2.08. The monoisotopic (exact) mass is 294 g/mol. The molecule has 0 aliphatic heterocycles. The Morgan fingerprint density at radius 3 is 1.53 bits per heavy atom. The van der Waals surface area contributed by atoms with Crippen LogP contribution in [0.25, 0.3) is 0 Å². The van der Waals surface area contributed by atoms with Crippen LogP contribution in [0.5, 0.6) is 11.5 Å². The molecule has 0 saturated carbocycles. The Labute approximate surface area is 123 Å². The molecule has 0 amide bonds. The summed E-state index contributed by atoms with van der Waals surface area (Å²) in [5, 5.41) is 4.75. The summed E-state index contributed by atoms with van der Waals surface area (Å²) in [6.45, 7) is 3.95. The van der Waals surface area contributed by atoms with Crippen molar-refractivity contribution in [3.63, 3.8) is 0 Å².